The van der Waals surface area contributed by atoms with Gasteiger partial charge in [0.15, 0.2) is 27.1 Å². The molecule has 0 aliphatic carbocycles. The Kier molecular flexibility index (Phi) is 4.32. The number of fused-ring (bicyclic) bond motifs is 1. The van der Waals surface area contributed by atoms with Crippen molar-refractivity contribution in [2.24, 2.45) is 0 Å². The summed E-state index contributed by atoms with van der Waals surface area (Å²) in [6.07, 6.45) is 0.951. The maximum absolute atomic E-state index is 12.4. The molecule has 0 saturated heterocycles. The highest BCUT2D eigenvalue weighted by Gasteiger charge is 2.29. The van der Waals surface area contributed by atoms with Gasteiger partial charge in [0.1, 0.15) is 5.25 Å². The lowest BCUT2D eigenvalue weighted by atomic mass is 10.2. The topological polar surface area (TPSA) is 69.7 Å². The summed E-state index contributed by atoms with van der Waals surface area (Å²) < 4.78 is 35.7. The first kappa shape index (κ1) is 14.8. The van der Waals surface area contributed by atoms with Crippen molar-refractivity contribution in [2.75, 3.05) is 13.2 Å². The van der Waals surface area contributed by atoms with Crippen molar-refractivity contribution in [3.05, 3.63) is 18.2 Å². The number of carbonyl (C=O) groups is 1. The van der Waals surface area contributed by atoms with Crippen molar-refractivity contribution >= 4 is 15.6 Å². The summed E-state index contributed by atoms with van der Waals surface area (Å²) in [5.74, 6) is 0.660. The second kappa shape index (κ2) is 5.83. The van der Waals surface area contributed by atoms with Gasteiger partial charge in [0.05, 0.1) is 18.1 Å². The van der Waals surface area contributed by atoms with Gasteiger partial charge in [0.2, 0.25) is 0 Å². The van der Waals surface area contributed by atoms with Crippen LogP contribution in [0.4, 0.5) is 0 Å². The molecule has 0 amide bonds. The molecule has 1 unspecified atom stereocenters. The third kappa shape index (κ3) is 2.80. The van der Waals surface area contributed by atoms with E-state index in [1.54, 1.807) is 13.0 Å². The number of ether oxygens (including phenoxy) is 2. The molecule has 6 heteroatoms. The zero-order valence-electron chi connectivity index (χ0n) is 11.6. The van der Waals surface area contributed by atoms with Crippen molar-refractivity contribution in [1.29, 1.82) is 0 Å². The van der Waals surface area contributed by atoms with E-state index in [0.29, 0.717) is 24.7 Å². The Bertz CT molecular complexity index is 606. The summed E-state index contributed by atoms with van der Waals surface area (Å²) in [5.41, 5.74) is 0. The fourth-order valence-electron chi connectivity index (χ4n) is 1.99. The van der Waals surface area contributed by atoms with Crippen molar-refractivity contribution in [3.8, 4) is 11.5 Å². The van der Waals surface area contributed by atoms with Crippen LogP contribution in [-0.4, -0.2) is 32.7 Å². The molecule has 0 bridgehead atoms. The van der Waals surface area contributed by atoms with E-state index in [0.717, 1.165) is 6.42 Å². The fourth-order valence-corrected chi connectivity index (χ4v) is 3.44. The van der Waals surface area contributed by atoms with Gasteiger partial charge in [-0.2, -0.15) is 0 Å². The summed E-state index contributed by atoms with van der Waals surface area (Å²) in [4.78, 5) is 11.7. The molecule has 0 saturated carbocycles. The fraction of sp³-hybridized carbons (Fsp3) is 0.500. The van der Waals surface area contributed by atoms with Crippen molar-refractivity contribution in [3.63, 3.8) is 0 Å². The average molecular weight is 298 g/mol. The third-order valence-electron chi connectivity index (χ3n) is 3.31. The highest BCUT2D eigenvalue weighted by Crippen LogP contribution is 2.33. The number of carbonyl (C=O) groups excluding carboxylic acids is 1. The number of hydrogen-bond donors (Lipinski definition) is 0. The van der Waals surface area contributed by atoms with Crippen molar-refractivity contribution < 1.29 is 22.7 Å². The predicted octanol–water partition coefficient (Wildman–Crippen LogP) is 1.99. The Hall–Kier alpha value is -1.56. The van der Waals surface area contributed by atoms with Gasteiger partial charge in [-0.25, -0.2) is 8.42 Å². The zero-order chi connectivity index (χ0) is 14.8. The SMILES string of the molecule is CCC(=O)C(C)S(=O)(=O)c1ccc2c(c1)OCCCO2. The lowest BCUT2D eigenvalue weighted by Crippen LogP contribution is -2.26. The Labute approximate surface area is 118 Å². The minimum absolute atomic E-state index is 0.0936. The van der Waals surface area contributed by atoms with Crippen LogP contribution in [0.5, 0.6) is 11.5 Å². The summed E-state index contributed by atoms with van der Waals surface area (Å²) in [6, 6.07) is 4.48. The van der Waals surface area contributed by atoms with Gasteiger partial charge in [-0.1, -0.05) is 6.92 Å². The Morgan fingerprint density at radius 1 is 1.25 bits per heavy atom. The Balaban J connectivity index is 2.38. The summed E-state index contributed by atoms with van der Waals surface area (Å²) in [6.45, 7) is 4.11. The molecule has 0 spiro atoms. The monoisotopic (exact) mass is 298 g/mol. The molecule has 20 heavy (non-hydrogen) atoms. The normalized spacial score (nSPS) is 16.3. The smallest absolute Gasteiger partial charge is 0.188 e. The van der Waals surface area contributed by atoms with Crippen LogP contribution in [0.2, 0.25) is 0 Å². The van der Waals surface area contributed by atoms with Gasteiger partial charge in [0, 0.05) is 18.9 Å². The highest BCUT2D eigenvalue weighted by molar-refractivity contribution is 7.92. The van der Waals surface area contributed by atoms with Crippen LogP contribution >= 0.6 is 0 Å². The zero-order valence-corrected chi connectivity index (χ0v) is 12.4. The summed E-state index contributed by atoms with van der Waals surface area (Å²) >= 11 is 0. The van der Waals surface area contributed by atoms with E-state index in [9.17, 15) is 13.2 Å². The van der Waals surface area contributed by atoms with Crippen molar-refractivity contribution in [1.82, 2.24) is 0 Å². The first-order valence-corrected chi connectivity index (χ1v) is 8.17. The number of sulfone groups is 1. The van der Waals surface area contributed by atoms with Gasteiger partial charge in [0.25, 0.3) is 0 Å². The van der Waals surface area contributed by atoms with Crippen LogP contribution in [0.15, 0.2) is 23.1 Å². The molecule has 0 fully saturated rings. The van der Waals surface area contributed by atoms with Gasteiger partial charge in [-0.15, -0.1) is 0 Å². The lowest BCUT2D eigenvalue weighted by molar-refractivity contribution is -0.118. The largest absolute Gasteiger partial charge is 0.490 e. The van der Waals surface area contributed by atoms with Gasteiger partial charge >= 0.3 is 0 Å². The number of rotatable bonds is 4. The molecule has 0 aromatic heterocycles. The van der Waals surface area contributed by atoms with E-state index < -0.39 is 15.1 Å². The number of hydrogen-bond acceptors (Lipinski definition) is 5. The molecule has 1 aliphatic heterocycles. The van der Waals surface area contributed by atoms with E-state index in [2.05, 4.69) is 0 Å². The molecular weight excluding hydrogens is 280 g/mol. The molecule has 5 nitrogen and oxygen atoms in total. The lowest BCUT2D eigenvalue weighted by Gasteiger charge is -2.13. The van der Waals surface area contributed by atoms with Gasteiger partial charge in [-0.05, 0) is 19.1 Å². The molecule has 1 aromatic carbocycles. The maximum atomic E-state index is 12.4. The summed E-state index contributed by atoms with van der Waals surface area (Å²) in [5, 5.41) is -1.04. The van der Waals surface area contributed by atoms with Gasteiger partial charge < -0.3 is 9.47 Å². The minimum Gasteiger partial charge on any atom is -0.490 e. The van der Waals surface area contributed by atoms with Crippen LogP contribution in [0.1, 0.15) is 26.7 Å². The molecule has 1 aromatic rings. The number of Topliss-reactive ketones (excluding diaryl/α,β-unsaturated/α-hetero) is 1. The molecule has 1 aliphatic rings. The predicted molar refractivity (Wildman–Crippen MR) is 74.0 cm³/mol. The van der Waals surface area contributed by atoms with Crippen LogP contribution < -0.4 is 9.47 Å². The number of benzene rings is 1. The second-order valence-corrected chi connectivity index (χ2v) is 6.93. The quantitative estimate of drug-likeness (QED) is 0.850. The van der Waals surface area contributed by atoms with Crippen LogP contribution in [-0.2, 0) is 14.6 Å². The molecule has 110 valence electrons. The van der Waals surface area contributed by atoms with Crippen LogP contribution in [0, 0.1) is 0 Å². The third-order valence-corrected chi connectivity index (χ3v) is 5.42. The second-order valence-electron chi connectivity index (χ2n) is 4.67. The van der Waals surface area contributed by atoms with Crippen LogP contribution in [0.25, 0.3) is 0 Å². The van der Waals surface area contributed by atoms with E-state index in [1.165, 1.54) is 19.1 Å². The molecule has 1 heterocycles. The average Bonchev–Trinajstić information content (AvgIpc) is 2.69. The first-order chi connectivity index (χ1) is 9.46. The Morgan fingerprint density at radius 3 is 2.55 bits per heavy atom. The van der Waals surface area contributed by atoms with Crippen molar-refractivity contribution in [2.45, 2.75) is 36.8 Å². The van der Waals surface area contributed by atoms with E-state index in [-0.39, 0.29) is 17.1 Å². The highest BCUT2D eigenvalue weighted by atomic mass is 32.2. The summed E-state index contributed by atoms with van der Waals surface area (Å²) in [7, 11) is -3.68. The molecular formula is C14H18O5S. The molecule has 0 N–H and O–H groups in total. The number of ketones is 1. The minimum atomic E-state index is -3.68. The van der Waals surface area contributed by atoms with E-state index in [4.69, 9.17) is 9.47 Å². The van der Waals surface area contributed by atoms with E-state index >= 15 is 0 Å². The Morgan fingerprint density at radius 2 is 1.90 bits per heavy atom. The standard InChI is InChI=1S/C14H18O5S/c1-3-12(15)10(2)20(16,17)11-5-6-13-14(9-11)19-8-4-7-18-13/h5-6,9-10H,3-4,7-8H2,1-2H3. The molecule has 1 atom stereocenters. The molecule has 0 radical (unpaired) electrons. The van der Waals surface area contributed by atoms with Gasteiger partial charge in [-0.3, -0.25) is 4.79 Å². The van der Waals surface area contributed by atoms with E-state index in [1.807, 2.05) is 0 Å². The first-order valence-electron chi connectivity index (χ1n) is 6.63. The molecule has 2 rings (SSSR count). The van der Waals surface area contributed by atoms with Crippen LogP contribution in [0.3, 0.4) is 0 Å². The maximum Gasteiger partial charge on any atom is 0.188 e.